The van der Waals surface area contributed by atoms with Crippen molar-refractivity contribution in [2.75, 3.05) is 19.8 Å². The predicted octanol–water partition coefficient (Wildman–Crippen LogP) is 8.59. The topological polar surface area (TPSA) is 44.8 Å². The van der Waals surface area contributed by atoms with E-state index in [1.807, 2.05) is 6.92 Å². The van der Waals surface area contributed by atoms with E-state index in [0.717, 1.165) is 54.8 Å². The third-order valence-electron chi connectivity index (χ3n) is 11.2. The number of carbonyl (C=O) groups is 1. The highest BCUT2D eigenvalue weighted by Crippen LogP contribution is 2.67. The largest absolute Gasteiger partial charge is 0.508 e. The fourth-order valence-corrected chi connectivity index (χ4v) is 9.25. The van der Waals surface area contributed by atoms with Crippen molar-refractivity contribution in [3.63, 3.8) is 0 Å². The Morgan fingerprint density at radius 3 is 2.58 bits per heavy atom. The highest BCUT2D eigenvalue weighted by molar-refractivity contribution is 5.60. The van der Waals surface area contributed by atoms with Crippen molar-refractivity contribution >= 4 is 6.16 Å². The second-order valence-electron chi connectivity index (χ2n) is 13.6. The Kier molecular flexibility index (Phi) is 9.16. The Hall–Kier alpha value is -1.03. The molecule has 3 fully saturated rings. The normalized spacial score (nSPS) is 38.5. The molecule has 4 nitrogen and oxygen atoms in total. The molecule has 0 aliphatic heterocycles. The average Bonchev–Trinajstić information content (AvgIpc) is 3.19. The van der Waals surface area contributed by atoms with E-state index >= 15 is 0 Å². The van der Waals surface area contributed by atoms with Crippen LogP contribution in [-0.2, 0) is 14.2 Å². The maximum atomic E-state index is 12.2. The Balaban J connectivity index is 1.36. The van der Waals surface area contributed by atoms with Gasteiger partial charge in [0.05, 0.1) is 6.61 Å². The minimum atomic E-state index is -0.537. The summed E-state index contributed by atoms with van der Waals surface area (Å²) in [4.78, 5) is 12.2. The second kappa shape index (κ2) is 11.8. The first-order chi connectivity index (χ1) is 17.2. The molecule has 206 valence electrons. The smallest absolute Gasteiger partial charge is 0.432 e. The lowest BCUT2D eigenvalue weighted by Gasteiger charge is -2.58. The van der Waals surface area contributed by atoms with Crippen molar-refractivity contribution in [1.82, 2.24) is 0 Å². The lowest BCUT2D eigenvalue weighted by Crippen LogP contribution is -2.51. The number of fused-ring (bicyclic) bond motifs is 5. The molecule has 8 atom stereocenters. The van der Waals surface area contributed by atoms with Crippen molar-refractivity contribution in [2.45, 2.75) is 118 Å². The Labute approximate surface area is 221 Å². The Morgan fingerprint density at radius 2 is 1.83 bits per heavy atom. The first kappa shape index (κ1) is 28.0. The van der Waals surface area contributed by atoms with Crippen molar-refractivity contribution in [1.29, 1.82) is 0 Å². The lowest BCUT2D eigenvalue weighted by molar-refractivity contribution is -0.0624. The number of allylic oxidation sites excluding steroid dienone is 1. The van der Waals surface area contributed by atoms with Gasteiger partial charge >= 0.3 is 6.16 Å². The van der Waals surface area contributed by atoms with Crippen LogP contribution >= 0.6 is 0 Å². The summed E-state index contributed by atoms with van der Waals surface area (Å²) >= 11 is 0. The zero-order valence-electron chi connectivity index (χ0n) is 24.2. The van der Waals surface area contributed by atoms with Gasteiger partial charge in [0.25, 0.3) is 0 Å². The molecule has 4 rings (SSSR count). The van der Waals surface area contributed by atoms with E-state index in [1.165, 1.54) is 51.4 Å². The van der Waals surface area contributed by atoms with Gasteiger partial charge in [-0.3, -0.25) is 0 Å². The van der Waals surface area contributed by atoms with Crippen LogP contribution in [0.3, 0.4) is 0 Å². The highest BCUT2D eigenvalue weighted by Gasteiger charge is 2.59. The molecule has 0 amide bonds. The van der Waals surface area contributed by atoms with Gasteiger partial charge in [-0.25, -0.2) is 4.79 Å². The van der Waals surface area contributed by atoms with Crippen LogP contribution in [0.4, 0.5) is 4.79 Å². The van der Waals surface area contributed by atoms with Crippen LogP contribution in [0, 0.1) is 46.3 Å². The van der Waals surface area contributed by atoms with Gasteiger partial charge in [-0.05, 0) is 98.2 Å². The van der Waals surface area contributed by atoms with Crippen LogP contribution in [-0.4, -0.2) is 32.1 Å². The molecular weight excluding hydrogens is 448 g/mol. The third kappa shape index (κ3) is 5.69. The molecular formula is C32H54O4. The minimum Gasteiger partial charge on any atom is -0.432 e. The summed E-state index contributed by atoms with van der Waals surface area (Å²) in [5.41, 5.74) is 2.37. The number of ether oxygens (including phenoxy) is 3. The fourth-order valence-electron chi connectivity index (χ4n) is 9.25. The van der Waals surface area contributed by atoms with Crippen LogP contribution < -0.4 is 0 Å². The van der Waals surface area contributed by atoms with Crippen molar-refractivity contribution < 1.29 is 19.0 Å². The molecule has 8 unspecified atom stereocenters. The van der Waals surface area contributed by atoms with Gasteiger partial charge in [0.2, 0.25) is 0 Å². The van der Waals surface area contributed by atoms with Gasteiger partial charge in [-0.2, -0.15) is 0 Å². The van der Waals surface area contributed by atoms with Crippen molar-refractivity contribution in [2.24, 2.45) is 46.3 Å². The second-order valence-corrected chi connectivity index (χ2v) is 13.6. The van der Waals surface area contributed by atoms with Gasteiger partial charge in [0, 0.05) is 13.0 Å². The van der Waals surface area contributed by atoms with Crippen LogP contribution in [0.2, 0.25) is 0 Å². The molecule has 4 aliphatic carbocycles. The number of rotatable bonds is 10. The van der Waals surface area contributed by atoms with Gasteiger partial charge in [-0.15, -0.1) is 0 Å². The molecule has 0 heterocycles. The summed E-state index contributed by atoms with van der Waals surface area (Å²) < 4.78 is 16.2. The highest BCUT2D eigenvalue weighted by atomic mass is 16.7. The minimum absolute atomic E-state index is 0.0446. The standard InChI is InChI=1S/C32H54O4/c1-7-34-19-20-35-30(33)36-25-15-17-31(5)24(21-25)11-12-26-28-14-13-27(23(4)10-8-9-22(2)3)32(28,6)18-16-29(26)31/h11,22-23,25-29H,7-10,12-21H2,1-6H3. The molecule has 0 aromatic rings. The molecule has 0 radical (unpaired) electrons. The van der Waals surface area contributed by atoms with Crippen molar-refractivity contribution in [3.05, 3.63) is 11.6 Å². The molecule has 3 saturated carbocycles. The number of hydrogen-bond acceptors (Lipinski definition) is 4. The summed E-state index contributed by atoms with van der Waals surface area (Å²) in [5, 5.41) is 0. The van der Waals surface area contributed by atoms with E-state index in [1.54, 1.807) is 5.57 Å². The summed E-state index contributed by atoms with van der Waals surface area (Å²) in [6.45, 7) is 15.8. The molecule has 0 saturated heterocycles. The fraction of sp³-hybridized carbons (Fsp3) is 0.906. The van der Waals surface area contributed by atoms with Crippen LogP contribution in [0.15, 0.2) is 11.6 Å². The van der Waals surface area contributed by atoms with E-state index in [-0.39, 0.29) is 18.1 Å². The maximum absolute atomic E-state index is 12.2. The first-order valence-electron chi connectivity index (χ1n) is 15.3. The van der Waals surface area contributed by atoms with E-state index in [4.69, 9.17) is 14.2 Å². The SMILES string of the molecule is CCOCCOC(=O)OC1CCC2(C)C(=CCC3C2CCC2(C)C(C(C)CCCC(C)C)CCC32)C1. The maximum Gasteiger partial charge on any atom is 0.508 e. The lowest BCUT2D eigenvalue weighted by atomic mass is 9.47. The first-order valence-corrected chi connectivity index (χ1v) is 15.3. The zero-order chi connectivity index (χ0) is 25.9. The Morgan fingerprint density at radius 1 is 1.03 bits per heavy atom. The number of hydrogen-bond donors (Lipinski definition) is 0. The van der Waals surface area contributed by atoms with Crippen LogP contribution in [0.1, 0.15) is 112 Å². The molecule has 0 aromatic heterocycles. The molecule has 36 heavy (non-hydrogen) atoms. The molecule has 0 aromatic carbocycles. The zero-order valence-corrected chi connectivity index (χ0v) is 24.2. The summed E-state index contributed by atoms with van der Waals surface area (Å²) in [6, 6.07) is 0. The third-order valence-corrected chi connectivity index (χ3v) is 11.2. The van der Waals surface area contributed by atoms with Gasteiger partial charge in [-0.1, -0.05) is 65.5 Å². The predicted molar refractivity (Wildman–Crippen MR) is 146 cm³/mol. The van der Waals surface area contributed by atoms with E-state index in [9.17, 15) is 4.79 Å². The molecule has 0 bridgehead atoms. The van der Waals surface area contributed by atoms with E-state index < -0.39 is 6.16 Å². The monoisotopic (exact) mass is 502 g/mol. The molecule has 0 spiro atoms. The quantitative estimate of drug-likeness (QED) is 0.170. The molecule has 0 N–H and O–H groups in total. The summed E-state index contributed by atoms with van der Waals surface area (Å²) in [6.07, 6.45) is 16.1. The van der Waals surface area contributed by atoms with E-state index in [2.05, 4.69) is 40.7 Å². The van der Waals surface area contributed by atoms with Crippen LogP contribution in [0.25, 0.3) is 0 Å². The van der Waals surface area contributed by atoms with Crippen LogP contribution in [0.5, 0.6) is 0 Å². The summed E-state index contributed by atoms with van der Waals surface area (Å²) in [7, 11) is 0. The van der Waals surface area contributed by atoms with Gasteiger partial charge < -0.3 is 14.2 Å². The van der Waals surface area contributed by atoms with Gasteiger partial charge in [0.1, 0.15) is 12.7 Å². The average molecular weight is 503 g/mol. The van der Waals surface area contributed by atoms with Gasteiger partial charge in [0.15, 0.2) is 0 Å². The summed E-state index contributed by atoms with van der Waals surface area (Å²) in [5.74, 6) is 5.12. The molecule has 4 aliphatic rings. The van der Waals surface area contributed by atoms with E-state index in [0.29, 0.717) is 18.6 Å². The molecule has 4 heteroatoms. The number of carbonyl (C=O) groups excluding carboxylic acids is 1. The van der Waals surface area contributed by atoms with Crippen molar-refractivity contribution in [3.8, 4) is 0 Å². The Bertz CT molecular complexity index is 774.